The summed E-state index contributed by atoms with van der Waals surface area (Å²) in [6, 6.07) is 11.2. The highest BCUT2D eigenvalue weighted by molar-refractivity contribution is 8.18. The molecule has 2 aromatic carbocycles. The van der Waals surface area contributed by atoms with Crippen LogP contribution in [-0.4, -0.2) is 35.2 Å². The van der Waals surface area contributed by atoms with Gasteiger partial charge in [0.05, 0.1) is 53.9 Å². The van der Waals surface area contributed by atoms with Crippen LogP contribution in [0.1, 0.15) is 16.7 Å². The van der Waals surface area contributed by atoms with Gasteiger partial charge >= 0.3 is 0 Å². The number of nitrogens with zero attached hydrogens (tertiary/aromatic N) is 3. The fourth-order valence-electron chi connectivity index (χ4n) is 2.87. The quantitative estimate of drug-likeness (QED) is 0.390. The molecule has 0 spiro atoms. The smallest absolute Gasteiger partial charge is 0.293 e. The van der Waals surface area contributed by atoms with E-state index in [9.17, 15) is 25.0 Å². The van der Waals surface area contributed by atoms with E-state index in [0.29, 0.717) is 22.9 Å². The minimum Gasteiger partial charge on any atom is -0.493 e. The molecule has 2 aromatic rings. The van der Waals surface area contributed by atoms with E-state index in [-0.39, 0.29) is 34.2 Å². The second-order valence-corrected chi connectivity index (χ2v) is 7.05. The van der Waals surface area contributed by atoms with E-state index in [2.05, 4.69) is 0 Å². The monoisotopic (exact) mass is 425 g/mol. The van der Waals surface area contributed by atoms with E-state index >= 15 is 0 Å². The molecule has 9 nitrogen and oxygen atoms in total. The summed E-state index contributed by atoms with van der Waals surface area (Å²) >= 11 is 0.674. The molecule has 152 valence electrons. The Morgan fingerprint density at radius 2 is 1.87 bits per heavy atom. The first-order valence-corrected chi connectivity index (χ1v) is 9.35. The first kappa shape index (κ1) is 20.9. The second kappa shape index (κ2) is 8.67. The zero-order chi connectivity index (χ0) is 21.8. The molecule has 10 heteroatoms. The van der Waals surface area contributed by atoms with Crippen LogP contribution in [0.3, 0.4) is 0 Å². The normalized spacial score (nSPS) is 14.7. The zero-order valence-electron chi connectivity index (χ0n) is 15.9. The Labute approximate surface area is 175 Å². The van der Waals surface area contributed by atoms with Gasteiger partial charge in [0.25, 0.3) is 16.8 Å². The molecule has 3 rings (SSSR count). The summed E-state index contributed by atoms with van der Waals surface area (Å²) in [4.78, 5) is 37.1. The van der Waals surface area contributed by atoms with Gasteiger partial charge in [-0.15, -0.1) is 0 Å². The molecule has 0 unspecified atom stereocenters. The fraction of sp³-hybridized carbons (Fsp3) is 0.150. The Hall–Kier alpha value is -3.84. The largest absolute Gasteiger partial charge is 0.493 e. The molecule has 1 aliphatic rings. The molecule has 1 saturated heterocycles. The van der Waals surface area contributed by atoms with Gasteiger partial charge in [-0.25, -0.2) is 0 Å². The number of carbonyl (C=O) groups is 2. The summed E-state index contributed by atoms with van der Waals surface area (Å²) in [6.07, 6.45) is 1.28. The predicted octanol–water partition coefficient (Wildman–Crippen LogP) is 3.72. The minimum atomic E-state index is -0.610. The van der Waals surface area contributed by atoms with Gasteiger partial charge in [0.2, 0.25) is 0 Å². The molecule has 0 saturated carbocycles. The number of methoxy groups -OCH3 is 2. The first-order valence-electron chi connectivity index (χ1n) is 8.53. The van der Waals surface area contributed by atoms with Crippen molar-refractivity contribution in [2.45, 2.75) is 6.54 Å². The second-order valence-electron chi connectivity index (χ2n) is 6.06. The summed E-state index contributed by atoms with van der Waals surface area (Å²) in [5.74, 6) is -0.180. The van der Waals surface area contributed by atoms with Crippen LogP contribution in [0.15, 0.2) is 41.3 Å². The molecule has 0 N–H and O–H groups in total. The van der Waals surface area contributed by atoms with Crippen LogP contribution < -0.4 is 9.47 Å². The van der Waals surface area contributed by atoms with Gasteiger partial charge in [0, 0.05) is 0 Å². The summed E-state index contributed by atoms with van der Waals surface area (Å²) in [6.45, 7) is -0.0697. The average Bonchev–Trinajstić information content (AvgIpc) is 3.00. The van der Waals surface area contributed by atoms with E-state index in [1.165, 1.54) is 32.4 Å². The first-order chi connectivity index (χ1) is 14.4. The molecule has 30 heavy (non-hydrogen) atoms. The highest BCUT2D eigenvalue weighted by atomic mass is 32.2. The number of hydrogen-bond donors (Lipinski definition) is 0. The van der Waals surface area contributed by atoms with Gasteiger partial charge in [-0.05, 0) is 35.5 Å². The molecule has 1 heterocycles. The topological polar surface area (TPSA) is 123 Å². The van der Waals surface area contributed by atoms with Crippen molar-refractivity contribution < 1.29 is 24.0 Å². The fourth-order valence-corrected chi connectivity index (χ4v) is 3.70. The number of ether oxygens (including phenoxy) is 2. The van der Waals surface area contributed by atoms with Crippen molar-refractivity contribution >= 4 is 34.7 Å². The maximum Gasteiger partial charge on any atom is 0.293 e. The van der Waals surface area contributed by atoms with Crippen LogP contribution >= 0.6 is 11.8 Å². The molecule has 0 bridgehead atoms. The molecule has 0 radical (unpaired) electrons. The van der Waals surface area contributed by atoms with Gasteiger partial charge in [0.15, 0.2) is 11.5 Å². The highest BCUT2D eigenvalue weighted by Crippen LogP contribution is 2.39. The summed E-state index contributed by atoms with van der Waals surface area (Å²) in [5, 5.41) is 20.1. The standard InChI is InChI=1S/C20H15N3O6S/c1-28-16-7-14(15(23(26)27)9-17(16)29-2)8-18-19(24)22(20(25)30-18)11-13-6-4-3-5-12(13)10-21/h3-9H,11H2,1-2H3/b18-8+. The lowest BCUT2D eigenvalue weighted by molar-refractivity contribution is -0.385. The van der Waals surface area contributed by atoms with E-state index in [0.717, 1.165) is 4.90 Å². The van der Waals surface area contributed by atoms with Crippen molar-refractivity contribution in [3.8, 4) is 17.6 Å². The molecule has 2 amide bonds. The zero-order valence-corrected chi connectivity index (χ0v) is 16.8. The minimum absolute atomic E-state index is 0.0322. The van der Waals surface area contributed by atoms with Crippen molar-refractivity contribution in [1.82, 2.24) is 4.90 Å². The Morgan fingerprint density at radius 3 is 2.50 bits per heavy atom. The number of nitro benzene ring substituents is 1. The van der Waals surface area contributed by atoms with E-state index in [4.69, 9.17) is 9.47 Å². The molecule has 0 aliphatic carbocycles. The molecule has 0 atom stereocenters. The summed E-state index contributed by atoms with van der Waals surface area (Å²) < 4.78 is 10.3. The van der Waals surface area contributed by atoms with E-state index < -0.39 is 16.1 Å². The number of benzene rings is 2. The Bertz CT molecular complexity index is 1120. The van der Waals surface area contributed by atoms with Crippen molar-refractivity contribution in [3.63, 3.8) is 0 Å². The maximum atomic E-state index is 12.8. The number of thioether (sulfide) groups is 1. The van der Waals surface area contributed by atoms with Crippen LogP contribution in [0, 0.1) is 21.4 Å². The van der Waals surface area contributed by atoms with E-state index in [1.54, 1.807) is 24.3 Å². The number of nitro groups is 1. The van der Waals surface area contributed by atoms with Crippen LogP contribution in [0.25, 0.3) is 6.08 Å². The number of rotatable bonds is 6. The van der Waals surface area contributed by atoms with Crippen LogP contribution in [0.4, 0.5) is 10.5 Å². The van der Waals surface area contributed by atoms with Gasteiger partial charge in [-0.3, -0.25) is 24.6 Å². The Kier molecular flexibility index (Phi) is 6.03. The van der Waals surface area contributed by atoms with Gasteiger partial charge in [-0.2, -0.15) is 5.26 Å². The van der Waals surface area contributed by atoms with Crippen LogP contribution in [0.5, 0.6) is 11.5 Å². The van der Waals surface area contributed by atoms with E-state index in [1.807, 2.05) is 6.07 Å². The highest BCUT2D eigenvalue weighted by Gasteiger charge is 2.36. The van der Waals surface area contributed by atoms with Crippen molar-refractivity contribution in [2.75, 3.05) is 14.2 Å². The number of imide groups is 1. The Balaban J connectivity index is 1.98. The maximum absolute atomic E-state index is 12.8. The summed E-state index contributed by atoms with van der Waals surface area (Å²) in [7, 11) is 2.74. The summed E-state index contributed by atoms with van der Waals surface area (Å²) in [5.41, 5.74) is 0.687. The van der Waals surface area contributed by atoms with Crippen molar-refractivity contribution in [2.24, 2.45) is 0 Å². The van der Waals surface area contributed by atoms with Gasteiger partial charge in [0.1, 0.15) is 0 Å². The molecule has 0 aromatic heterocycles. The average molecular weight is 425 g/mol. The van der Waals surface area contributed by atoms with Gasteiger partial charge in [-0.1, -0.05) is 18.2 Å². The lowest BCUT2D eigenvalue weighted by Gasteiger charge is -2.13. The molecular weight excluding hydrogens is 410 g/mol. The Morgan fingerprint density at radius 1 is 1.20 bits per heavy atom. The molecule has 1 fully saturated rings. The van der Waals surface area contributed by atoms with Gasteiger partial charge < -0.3 is 9.47 Å². The number of carbonyl (C=O) groups excluding carboxylic acids is 2. The van der Waals surface area contributed by atoms with Crippen molar-refractivity contribution in [3.05, 3.63) is 68.1 Å². The molecule has 1 aliphatic heterocycles. The van der Waals surface area contributed by atoms with Crippen LogP contribution in [0.2, 0.25) is 0 Å². The number of nitriles is 1. The number of hydrogen-bond acceptors (Lipinski definition) is 8. The molecular formula is C20H15N3O6S. The number of amides is 2. The predicted molar refractivity (Wildman–Crippen MR) is 109 cm³/mol. The lowest BCUT2D eigenvalue weighted by atomic mass is 10.1. The van der Waals surface area contributed by atoms with Crippen LogP contribution in [-0.2, 0) is 11.3 Å². The third kappa shape index (κ3) is 3.97. The van der Waals surface area contributed by atoms with Crippen molar-refractivity contribution in [1.29, 1.82) is 5.26 Å². The third-order valence-electron chi connectivity index (χ3n) is 4.36. The third-order valence-corrected chi connectivity index (χ3v) is 5.26. The lowest BCUT2D eigenvalue weighted by Crippen LogP contribution is -2.27. The SMILES string of the molecule is COc1cc(/C=C2/SC(=O)N(Cc3ccccc3C#N)C2=O)c([N+](=O)[O-])cc1OC.